The zero-order valence-corrected chi connectivity index (χ0v) is 27.6. The first-order valence-electron chi connectivity index (χ1n) is 14.3. The molecule has 1 saturated carbocycles. The van der Waals surface area contributed by atoms with E-state index in [4.69, 9.17) is 0 Å². The number of rotatable bonds is 3. The van der Waals surface area contributed by atoms with Crippen molar-refractivity contribution in [2.45, 2.75) is 141 Å². The Labute approximate surface area is 233 Å². The number of thiophene rings is 1. The Morgan fingerprint density at radius 3 is 1.78 bits per heavy atom. The Balaban J connectivity index is -0.000000139. The predicted octanol–water partition coefficient (Wildman–Crippen LogP) is 12.5. The monoisotopic (exact) mass is 520 g/mol. The normalized spacial score (nSPS) is 11.4. The van der Waals surface area contributed by atoms with Gasteiger partial charge in [0.25, 0.3) is 0 Å². The first kappa shape index (κ1) is 44.4. The average molecular weight is 521 g/mol. The molecule has 0 bridgehead atoms. The fourth-order valence-corrected chi connectivity index (χ4v) is 3.71. The molecular weight excluding hydrogens is 456 g/mol. The molecular formula is C34H64OS. The van der Waals surface area contributed by atoms with Crippen molar-refractivity contribution in [3.63, 3.8) is 0 Å². The summed E-state index contributed by atoms with van der Waals surface area (Å²) >= 11 is 1.53. The van der Waals surface area contributed by atoms with Crippen LogP contribution in [0.1, 0.15) is 155 Å². The topological polar surface area (TPSA) is 17.1 Å². The van der Waals surface area contributed by atoms with E-state index < -0.39 is 0 Å². The zero-order chi connectivity index (χ0) is 29.6. The molecule has 212 valence electrons. The number of carbonyl (C=O) groups excluding carboxylic acids is 1. The summed E-state index contributed by atoms with van der Waals surface area (Å²) in [6.45, 7) is 36.1. The van der Waals surface area contributed by atoms with E-state index in [1.165, 1.54) is 49.9 Å². The van der Waals surface area contributed by atoms with Crippen molar-refractivity contribution in [3.05, 3.63) is 47.2 Å². The minimum atomic E-state index is 0.00544. The highest BCUT2D eigenvalue weighted by atomic mass is 32.1. The van der Waals surface area contributed by atoms with Gasteiger partial charge in [-0.1, -0.05) is 112 Å². The van der Waals surface area contributed by atoms with Crippen molar-refractivity contribution in [2.24, 2.45) is 11.3 Å². The van der Waals surface area contributed by atoms with Gasteiger partial charge >= 0.3 is 0 Å². The number of allylic oxidation sites excluding steroid dienone is 1. The number of ketones is 1. The lowest BCUT2D eigenvalue weighted by Crippen LogP contribution is -1.99. The van der Waals surface area contributed by atoms with E-state index in [1.807, 2.05) is 54.5 Å². The zero-order valence-electron chi connectivity index (χ0n) is 26.8. The third-order valence-electron chi connectivity index (χ3n) is 4.10. The van der Waals surface area contributed by atoms with Gasteiger partial charge in [0, 0.05) is 11.8 Å². The van der Waals surface area contributed by atoms with Crippen molar-refractivity contribution >= 4 is 17.1 Å². The first-order chi connectivity index (χ1) is 17.1. The van der Waals surface area contributed by atoms with Gasteiger partial charge in [-0.3, -0.25) is 4.79 Å². The van der Waals surface area contributed by atoms with Crippen molar-refractivity contribution in [1.82, 2.24) is 0 Å². The summed E-state index contributed by atoms with van der Waals surface area (Å²) in [6, 6.07) is 2.02. The molecule has 2 heteroatoms. The highest BCUT2D eigenvalue weighted by Gasteiger charge is 2.12. The van der Waals surface area contributed by atoms with Gasteiger partial charge in [-0.15, -0.1) is 31.1 Å². The second kappa shape index (κ2) is 33.4. The summed E-state index contributed by atoms with van der Waals surface area (Å²) in [5.74, 6) is 7.64. The molecule has 1 aliphatic carbocycles. The molecule has 0 radical (unpaired) electrons. The van der Waals surface area contributed by atoms with E-state index in [1.54, 1.807) is 6.08 Å². The number of hydrogen-bond donors (Lipinski definition) is 0. The molecule has 0 saturated heterocycles. The van der Waals surface area contributed by atoms with Crippen LogP contribution in [0.15, 0.2) is 31.9 Å². The summed E-state index contributed by atoms with van der Waals surface area (Å²) in [6.07, 6.45) is 12.0. The first-order valence-corrected chi connectivity index (χ1v) is 15.1. The van der Waals surface area contributed by atoms with E-state index in [-0.39, 0.29) is 11.2 Å². The Bertz CT molecular complexity index is 643. The SMILES string of the molecule is C=C.C=CC.CC.CC.CC1CCCCC1.CCC.CCCC(=O)c1sc(C#CC(C)(C)C)cc1C. The molecule has 1 heterocycles. The van der Waals surface area contributed by atoms with Gasteiger partial charge in [-0.25, -0.2) is 0 Å². The minimum Gasteiger partial charge on any atom is -0.293 e. The quantitative estimate of drug-likeness (QED) is 0.220. The van der Waals surface area contributed by atoms with Crippen LogP contribution in [0, 0.1) is 30.1 Å². The number of carbonyl (C=O) groups is 1. The van der Waals surface area contributed by atoms with Crippen molar-refractivity contribution in [1.29, 1.82) is 0 Å². The van der Waals surface area contributed by atoms with Crippen LogP contribution in [0.2, 0.25) is 0 Å². The molecule has 0 atom stereocenters. The van der Waals surface area contributed by atoms with Crippen LogP contribution >= 0.6 is 11.3 Å². The van der Waals surface area contributed by atoms with Gasteiger partial charge in [0.2, 0.25) is 0 Å². The van der Waals surface area contributed by atoms with Crippen LogP contribution in [0.5, 0.6) is 0 Å². The largest absolute Gasteiger partial charge is 0.293 e. The van der Waals surface area contributed by atoms with Crippen LogP contribution in [-0.2, 0) is 0 Å². The minimum absolute atomic E-state index is 0.00544. The third kappa shape index (κ3) is 32.4. The maximum Gasteiger partial charge on any atom is 0.173 e. The average Bonchev–Trinajstić information content (AvgIpc) is 3.24. The van der Waals surface area contributed by atoms with E-state index in [0.29, 0.717) is 6.42 Å². The van der Waals surface area contributed by atoms with Crippen LogP contribution in [0.25, 0.3) is 0 Å². The molecule has 0 aromatic carbocycles. The molecule has 2 rings (SSSR count). The standard InChI is InChI=1S/C15H20OS.C7H14.C3H8.C3H6.2C2H6.C2H4/c1-6-7-13(16)14-11(2)10-12(17-14)8-9-15(3,4)5;1-7-5-3-2-4-6-7;2*1-3-2;3*1-2/h10H,6-7H2,1-5H3;7H,2-6H2,1H3;3H2,1-2H3;3H,1H2,2H3;2*1-2H3;1-2H2. The van der Waals surface area contributed by atoms with E-state index in [0.717, 1.165) is 27.7 Å². The van der Waals surface area contributed by atoms with Crippen molar-refractivity contribution in [3.8, 4) is 11.8 Å². The van der Waals surface area contributed by atoms with Crippen molar-refractivity contribution in [2.75, 3.05) is 0 Å². The van der Waals surface area contributed by atoms with Gasteiger partial charge in [-0.05, 0) is 58.6 Å². The smallest absolute Gasteiger partial charge is 0.173 e. The molecule has 0 spiro atoms. The fourth-order valence-electron chi connectivity index (χ4n) is 2.72. The Morgan fingerprint density at radius 1 is 1.06 bits per heavy atom. The van der Waals surface area contributed by atoms with E-state index >= 15 is 0 Å². The second-order valence-electron chi connectivity index (χ2n) is 9.15. The van der Waals surface area contributed by atoms with Gasteiger partial charge in [-0.2, -0.15) is 0 Å². The highest BCUT2D eigenvalue weighted by Crippen LogP contribution is 2.24. The predicted molar refractivity (Wildman–Crippen MR) is 173 cm³/mol. The molecule has 1 aromatic rings. The molecule has 0 aliphatic heterocycles. The fraction of sp³-hybridized carbons (Fsp3) is 0.676. The Hall–Kier alpha value is -1.59. The summed E-state index contributed by atoms with van der Waals surface area (Å²) in [5, 5.41) is 0. The number of Topliss-reactive ketones (excluding diaryl/α,β-unsaturated/α-hetero) is 1. The molecule has 1 fully saturated rings. The molecule has 1 aliphatic rings. The maximum absolute atomic E-state index is 11.8. The lowest BCUT2D eigenvalue weighted by Gasteiger charge is -2.15. The highest BCUT2D eigenvalue weighted by molar-refractivity contribution is 7.14. The maximum atomic E-state index is 11.8. The summed E-state index contributed by atoms with van der Waals surface area (Å²) in [4.78, 5) is 13.7. The van der Waals surface area contributed by atoms with Gasteiger partial charge < -0.3 is 0 Å². The third-order valence-corrected chi connectivity index (χ3v) is 5.30. The molecule has 1 aromatic heterocycles. The van der Waals surface area contributed by atoms with Gasteiger partial charge in [0.15, 0.2) is 5.78 Å². The summed E-state index contributed by atoms with van der Waals surface area (Å²) in [5.41, 5.74) is 1.07. The molecule has 1 nitrogen and oxygen atoms in total. The summed E-state index contributed by atoms with van der Waals surface area (Å²) in [7, 11) is 0. The van der Waals surface area contributed by atoms with Crippen LogP contribution in [0.3, 0.4) is 0 Å². The molecule has 0 unspecified atom stereocenters. The van der Waals surface area contributed by atoms with Crippen LogP contribution < -0.4 is 0 Å². The summed E-state index contributed by atoms with van der Waals surface area (Å²) < 4.78 is 0. The number of aryl methyl sites for hydroxylation is 1. The Morgan fingerprint density at radius 2 is 1.47 bits per heavy atom. The molecule has 0 amide bonds. The van der Waals surface area contributed by atoms with Gasteiger partial charge in [0.1, 0.15) is 0 Å². The van der Waals surface area contributed by atoms with Crippen LogP contribution in [0.4, 0.5) is 0 Å². The van der Waals surface area contributed by atoms with E-state index in [9.17, 15) is 4.79 Å². The van der Waals surface area contributed by atoms with Crippen molar-refractivity contribution < 1.29 is 4.79 Å². The van der Waals surface area contributed by atoms with Crippen LogP contribution in [-0.4, -0.2) is 5.78 Å². The Kier molecular flexibility index (Phi) is 41.2. The molecule has 0 N–H and O–H groups in total. The lowest BCUT2D eigenvalue weighted by atomic mass is 9.91. The lowest BCUT2D eigenvalue weighted by molar-refractivity contribution is 0.0985. The molecule has 36 heavy (non-hydrogen) atoms. The van der Waals surface area contributed by atoms with Gasteiger partial charge in [0.05, 0.1) is 9.75 Å². The second-order valence-corrected chi connectivity index (χ2v) is 10.2. The van der Waals surface area contributed by atoms with E-state index in [2.05, 4.69) is 73.1 Å². The number of hydrogen-bond acceptors (Lipinski definition) is 2.